The van der Waals surface area contributed by atoms with Crippen LogP contribution in [0.1, 0.15) is 31.7 Å². The van der Waals surface area contributed by atoms with E-state index >= 15 is 0 Å². The SMILES string of the molecule is O=c1cc(-c2cccnc2)[nH]n1C1CCCC1. The van der Waals surface area contributed by atoms with Crippen molar-refractivity contribution in [3.8, 4) is 11.3 Å². The highest BCUT2D eigenvalue weighted by Gasteiger charge is 2.19. The molecule has 17 heavy (non-hydrogen) atoms. The molecule has 0 saturated heterocycles. The van der Waals surface area contributed by atoms with E-state index in [1.807, 2.05) is 12.1 Å². The first kappa shape index (κ1) is 10.3. The molecule has 4 heteroatoms. The van der Waals surface area contributed by atoms with Gasteiger partial charge in [0, 0.05) is 24.0 Å². The van der Waals surface area contributed by atoms with Crippen LogP contribution >= 0.6 is 0 Å². The molecule has 1 saturated carbocycles. The lowest BCUT2D eigenvalue weighted by Crippen LogP contribution is -2.19. The summed E-state index contributed by atoms with van der Waals surface area (Å²) in [5, 5.41) is 3.20. The maximum Gasteiger partial charge on any atom is 0.267 e. The molecule has 0 spiro atoms. The summed E-state index contributed by atoms with van der Waals surface area (Å²) < 4.78 is 1.77. The van der Waals surface area contributed by atoms with E-state index in [0.29, 0.717) is 6.04 Å². The Bertz CT molecular complexity index is 550. The van der Waals surface area contributed by atoms with Crippen molar-refractivity contribution in [2.45, 2.75) is 31.7 Å². The third-order valence-electron chi connectivity index (χ3n) is 3.41. The molecule has 1 aliphatic carbocycles. The van der Waals surface area contributed by atoms with Gasteiger partial charge in [0.15, 0.2) is 0 Å². The quantitative estimate of drug-likeness (QED) is 0.859. The number of hydrogen-bond acceptors (Lipinski definition) is 2. The van der Waals surface area contributed by atoms with Gasteiger partial charge in [0.25, 0.3) is 5.56 Å². The van der Waals surface area contributed by atoms with Crippen LogP contribution in [-0.4, -0.2) is 14.8 Å². The van der Waals surface area contributed by atoms with Crippen molar-refractivity contribution in [3.05, 3.63) is 40.9 Å². The van der Waals surface area contributed by atoms with E-state index in [0.717, 1.165) is 24.1 Å². The van der Waals surface area contributed by atoms with Gasteiger partial charge in [-0.2, -0.15) is 0 Å². The number of aromatic amines is 1. The second-order valence-electron chi connectivity index (χ2n) is 4.56. The fraction of sp³-hybridized carbons (Fsp3) is 0.385. The van der Waals surface area contributed by atoms with Crippen molar-refractivity contribution in [3.63, 3.8) is 0 Å². The zero-order valence-electron chi connectivity index (χ0n) is 9.60. The normalized spacial score (nSPS) is 16.5. The van der Waals surface area contributed by atoms with Crippen LogP contribution in [0.25, 0.3) is 11.3 Å². The zero-order valence-corrected chi connectivity index (χ0v) is 9.60. The highest BCUT2D eigenvalue weighted by molar-refractivity contribution is 5.56. The molecule has 88 valence electrons. The first-order valence-electron chi connectivity index (χ1n) is 6.06. The van der Waals surface area contributed by atoms with Crippen LogP contribution in [0.5, 0.6) is 0 Å². The van der Waals surface area contributed by atoms with Gasteiger partial charge in [-0.05, 0) is 25.0 Å². The molecule has 3 rings (SSSR count). The summed E-state index contributed by atoms with van der Waals surface area (Å²) in [5.41, 5.74) is 1.88. The van der Waals surface area contributed by atoms with Gasteiger partial charge in [0.05, 0.1) is 11.7 Å². The van der Waals surface area contributed by atoms with Crippen molar-refractivity contribution >= 4 is 0 Å². The number of rotatable bonds is 2. The third-order valence-corrected chi connectivity index (χ3v) is 3.41. The van der Waals surface area contributed by atoms with E-state index in [4.69, 9.17) is 0 Å². The summed E-state index contributed by atoms with van der Waals surface area (Å²) in [5.74, 6) is 0. The van der Waals surface area contributed by atoms with E-state index in [1.165, 1.54) is 12.8 Å². The van der Waals surface area contributed by atoms with Crippen LogP contribution in [0.15, 0.2) is 35.4 Å². The Kier molecular flexibility index (Phi) is 2.55. The largest absolute Gasteiger partial charge is 0.295 e. The Morgan fingerprint density at radius 1 is 1.35 bits per heavy atom. The fourth-order valence-corrected chi connectivity index (χ4v) is 2.51. The molecule has 0 amide bonds. The van der Waals surface area contributed by atoms with E-state index in [2.05, 4.69) is 10.1 Å². The van der Waals surface area contributed by atoms with Gasteiger partial charge in [-0.25, -0.2) is 4.68 Å². The summed E-state index contributed by atoms with van der Waals surface area (Å²) in [6.07, 6.45) is 8.15. The van der Waals surface area contributed by atoms with Crippen molar-refractivity contribution in [2.75, 3.05) is 0 Å². The highest BCUT2D eigenvalue weighted by atomic mass is 16.1. The Labute approximate surface area is 99.3 Å². The Hall–Kier alpha value is -1.84. The molecular formula is C13H15N3O. The number of H-pyrrole nitrogens is 1. The molecule has 0 aromatic carbocycles. The lowest BCUT2D eigenvalue weighted by molar-refractivity contribution is 0.455. The molecule has 0 bridgehead atoms. The molecule has 1 fully saturated rings. The summed E-state index contributed by atoms with van der Waals surface area (Å²) in [7, 11) is 0. The molecule has 2 heterocycles. The van der Waals surface area contributed by atoms with E-state index in [1.54, 1.807) is 23.1 Å². The summed E-state index contributed by atoms with van der Waals surface area (Å²) >= 11 is 0. The number of hydrogen-bond donors (Lipinski definition) is 1. The molecule has 2 aromatic heterocycles. The smallest absolute Gasteiger partial charge is 0.267 e. The second-order valence-corrected chi connectivity index (χ2v) is 4.56. The van der Waals surface area contributed by atoms with Crippen molar-refractivity contribution in [1.82, 2.24) is 14.8 Å². The van der Waals surface area contributed by atoms with Gasteiger partial charge in [0.1, 0.15) is 0 Å². The number of aromatic nitrogens is 3. The average molecular weight is 229 g/mol. The number of pyridine rings is 1. The van der Waals surface area contributed by atoms with Gasteiger partial charge < -0.3 is 0 Å². The third kappa shape index (κ3) is 1.90. The minimum Gasteiger partial charge on any atom is -0.295 e. The zero-order chi connectivity index (χ0) is 11.7. The van der Waals surface area contributed by atoms with Crippen molar-refractivity contribution < 1.29 is 0 Å². The van der Waals surface area contributed by atoms with Gasteiger partial charge in [-0.15, -0.1) is 0 Å². The maximum atomic E-state index is 11.9. The minimum absolute atomic E-state index is 0.0655. The number of nitrogens with zero attached hydrogens (tertiary/aromatic N) is 2. The molecule has 0 aliphatic heterocycles. The topological polar surface area (TPSA) is 50.7 Å². The standard InChI is InChI=1S/C13H15N3O/c17-13-8-12(10-4-3-7-14-9-10)15-16(13)11-5-1-2-6-11/h3-4,7-9,11,15H,1-2,5-6H2. The van der Waals surface area contributed by atoms with Crippen LogP contribution in [-0.2, 0) is 0 Å². The maximum absolute atomic E-state index is 11.9. The van der Waals surface area contributed by atoms with Gasteiger partial charge in [-0.1, -0.05) is 12.8 Å². The monoisotopic (exact) mass is 229 g/mol. The van der Waals surface area contributed by atoms with Crippen LogP contribution in [0.3, 0.4) is 0 Å². The average Bonchev–Trinajstić information content (AvgIpc) is 2.99. The Morgan fingerprint density at radius 2 is 2.18 bits per heavy atom. The van der Waals surface area contributed by atoms with Gasteiger partial charge >= 0.3 is 0 Å². The molecule has 1 aliphatic rings. The Morgan fingerprint density at radius 3 is 2.88 bits per heavy atom. The molecule has 0 radical (unpaired) electrons. The lowest BCUT2D eigenvalue weighted by Gasteiger charge is -2.09. The Balaban J connectivity index is 1.98. The van der Waals surface area contributed by atoms with Gasteiger partial charge in [0.2, 0.25) is 0 Å². The van der Waals surface area contributed by atoms with Crippen LogP contribution in [0, 0.1) is 0 Å². The van der Waals surface area contributed by atoms with Crippen molar-refractivity contribution in [2.24, 2.45) is 0 Å². The predicted molar refractivity (Wildman–Crippen MR) is 65.8 cm³/mol. The van der Waals surface area contributed by atoms with Crippen molar-refractivity contribution in [1.29, 1.82) is 0 Å². The highest BCUT2D eigenvalue weighted by Crippen LogP contribution is 2.28. The molecular weight excluding hydrogens is 214 g/mol. The summed E-state index contributed by atoms with van der Waals surface area (Å²) in [4.78, 5) is 16.0. The van der Waals surface area contributed by atoms with E-state index in [-0.39, 0.29) is 5.56 Å². The molecule has 0 atom stereocenters. The van der Waals surface area contributed by atoms with Crippen LogP contribution in [0.4, 0.5) is 0 Å². The second kappa shape index (κ2) is 4.20. The van der Waals surface area contributed by atoms with Crippen LogP contribution in [0.2, 0.25) is 0 Å². The first-order valence-corrected chi connectivity index (χ1v) is 6.06. The minimum atomic E-state index is 0.0655. The van der Waals surface area contributed by atoms with E-state index < -0.39 is 0 Å². The first-order chi connectivity index (χ1) is 8.34. The van der Waals surface area contributed by atoms with E-state index in [9.17, 15) is 4.79 Å². The molecule has 0 unspecified atom stereocenters. The van der Waals surface area contributed by atoms with Gasteiger partial charge in [-0.3, -0.25) is 14.9 Å². The molecule has 4 nitrogen and oxygen atoms in total. The summed E-state index contributed by atoms with van der Waals surface area (Å²) in [6.45, 7) is 0. The fourth-order valence-electron chi connectivity index (χ4n) is 2.51. The lowest BCUT2D eigenvalue weighted by atomic mass is 10.2. The molecule has 1 N–H and O–H groups in total. The molecule has 2 aromatic rings. The van der Waals surface area contributed by atoms with Crippen LogP contribution < -0.4 is 5.56 Å². The predicted octanol–water partition coefficient (Wildman–Crippen LogP) is 2.35. The number of nitrogens with one attached hydrogen (secondary N) is 1. The summed E-state index contributed by atoms with van der Waals surface area (Å²) in [6, 6.07) is 5.85.